The van der Waals surface area contributed by atoms with Crippen molar-refractivity contribution in [2.75, 3.05) is 10.2 Å². The van der Waals surface area contributed by atoms with Crippen LogP contribution in [0.1, 0.15) is 24.3 Å². The Morgan fingerprint density at radius 2 is 1.50 bits per heavy atom. The summed E-state index contributed by atoms with van der Waals surface area (Å²) in [7, 11) is 0. The standard InChI is InChI=1S/C38H27BrN2O5/c39-29-19-31(43)34-28(36(29)44)18-27-25(35(34)33-24-9-5-4-6-20(24)10-17-30(33)42)15-16-26-32(27)38(46)41(37(26)45)23-13-11-22(12-14-23)40-21-7-2-1-3-8-21/h1-15,17,19,26-27,32,35,40,42H,16,18H2/t26-,27+,32-,35+/m0/s1. The van der Waals surface area contributed by atoms with Gasteiger partial charge in [-0.2, -0.15) is 0 Å². The molecule has 4 aliphatic rings. The number of carbonyl (C=O) groups excluding carboxylic acids is 4. The van der Waals surface area contributed by atoms with E-state index in [1.807, 2.05) is 78.9 Å². The first-order chi connectivity index (χ1) is 22.3. The fraction of sp³-hybridized carbons (Fsp3) is 0.158. The van der Waals surface area contributed by atoms with Crippen LogP contribution in [0.5, 0.6) is 5.75 Å². The molecule has 8 heteroatoms. The molecule has 7 nitrogen and oxygen atoms in total. The summed E-state index contributed by atoms with van der Waals surface area (Å²) in [5.41, 5.74) is 4.21. The van der Waals surface area contributed by atoms with E-state index in [0.29, 0.717) is 28.8 Å². The molecule has 3 aliphatic carbocycles. The molecule has 1 aliphatic heterocycles. The number of aromatic hydroxyl groups is 1. The Hall–Kier alpha value is -5.08. The zero-order valence-electron chi connectivity index (χ0n) is 24.4. The average Bonchev–Trinajstić information content (AvgIpc) is 3.33. The second kappa shape index (κ2) is 10.8. The Bertz CT molecular complexity index is 2100. The van der Waals surface area contributed by atoms with Crippen molar-refractivity contribution in [3.63, 3.8) is 0 Å². The summed E-state index contributed by atoms with van der Waals surface area (Å²) in [5.74, 6) is -3.75. The van der Waals surface area contributed by atoms with E-state index in [9.17, 15) is 24.3 Å². The SMILES string of the molecule is O=C1C=C(Br)C(=O)C2=C1[C@@H](c1c(O)ccc3ccccc13)C1=CC[C@@H]3C(=O)N(c4ccc(Nc5ccccc5)cc4)C(=O)[C@@H]3[C@@H]1C2. The maximum Gasteiger partial charge on any atom is 0.238 e. The number of fused-ring (bicyclic) bond motifs is 4. The lowest BCUT2D eigenvalue weighted by molar-refractivity contribution is -0.123. The molecule has 0 radical (unpaired) electrons. The van der Waals surface area contributed by atoms with E-state index >= 15 is 0 Å². The molecule has 2 amide bonds. The van der Waals surface area contributed by atoms with Crippen LogP contribution in [-0.2, 0) is 19.2 Å². The topological polar surface area (TPSA) is 104 Å². The maximum atomic E-state index is 14.3. The zero-order valence-corrected chi connectivity index (χ0v) is 26.0. The molecule has 0 spiro atoms. The van der Waals surface area contributed by atoms with Crippen LogP contribution in [0.3, 0.4) is 0 Å². The van der Waals surface area contributed by atoms with Crippen molar-refractivity contribution in [1.82, 2.24) is 0 Å². The van der Waals surface area contributed by atoms with Crippen LogP contribution >= 0.6 is 15.9 Å². The molecule has 4 aromatic rings. The predicted molar refractivity (Wildman–Crippen MR) is 179 cm³/mol. The van der Waals surface area contributed by atoms with Crippen molar-refractivity contribution >= 4 is 67.1 Å². The zero-order chi connectivity index (χ0) is 31.7. The number of hydrogen-bond acceptors (Lipinski definition) is 6. The van der Waals surface area contributed by atoms with Crippen molar-refractivity contribution in [2.45, 2.75) is 18.8 Å². The lowest BCUT2D eigenvalue weighted by atomic mass is 9.59. The lowest BCUT2D eigenvalue weighted by Crippen LogP contribution is -2.39. The average molecular weight is 672 g/mol. The van der Waals surface area contributed by atoms with E-state index in [1.54, 1.807) is 18.2 Å². The molecule has 4 atom stereocenters. The first-order valence-electron chi connectivity index (χ1n) is 15.2. The minimum absolute atomic E-state index is 0.00717. The van der Waals surface area contributed by atoms with Gasteiger partial charge in [0.2, 0.25) is 11.8 Å². The van der Waals surface area contributed by atoms with E-state index in [0.717, 1.165) is 27.7 Å². The van der Waals surface area contributed by atoms with Gasteiger partial charge in [-0.1, -0.05) is 60.2 Å². The highest BCUT2D eigenvalue weighted by molar-refractivity contribution is 9.12. The number of imide groups is 1. The smallest absolute Gasteiger partial charge is 0.238 e. The molecule has 4 aromatic carbocycles. The Morgan fingerprint density at radius 1 is 0.783 bits per heavy atom. The van der Waals surface area contributed by atoms with Gasteiger partial charge in [0.25, 0.3) is 0 Å². The molecule has 0 aromatic heterocycles. The van der Waals surface area contributed by atoms with Crippen molar-refractivity contribution in [3.05, 3.63) is 130 Å². The predicted octanol–water partition coefficient (Wildman–Crippen LogP) is 7.26. The van der Waals surface area contributed by atoms with Crippen molar-refractivity contribution in [1.29, 1.82) is 0 Å². The molecule has 46 heavy (non-hydrogen) atoms. The highest BCUT2D eigenvalue weighted by Crippen LogP contribution is 2.57. The molecule has 0 bridgehead atoms. The molecular formula is C38H27BrN2O5. The lowest BCUT2D eigenvalue weighted by Gasteiger charge is -2.42. The number of para-hydroxylation sites is 1. The number of anilines is 3. The van der Waals surface area contributed by atoms with Crippen LogP contribution in [0.2, 0.25) is 0 Å². The van der Waals surface area contributed by atoms with Gasteiger partial charge >= 0.3 is 0 Å². The molecule has 226 valence electrons. The fourth-order valence-electron chi connectivity index (χ4n) is 7.76. The summed E-state index contributed by atoms with van der Waals surface area (Å²) >= 11 is 3.28. The second-order valence-corrected chi connectivity index (χ2v) is 13.0. The number of nitrogens with zero attached hydrogens (tertiary/aromatic N) is 1. The number of halogens is 1. The Balaban J connectivity index is 1.20. The van der Waals surface area contributed by atoms with E-state index in [-0.39, 0.29) is 40.0 Å². The van der Waals surface area contributed by atoms with Gasteiger partial charge in [0.1, 0.15) is 5.75 Å². The van der Waals surface area contributed by atoms with Crippen LogP contribution in [-0.4, -0.2) is 28.5 Å². The summed E-state index contributed by atoms with van der Waals surface area (Å²) < 4.78 is 0.164. The number of ketones is 2. The summed E-state index contributed by atoms with van der Waals surface area (Å²) in [6.07, 6.45) is 3.74. The number of allylic oxidation sites excluding steroid dienone is 6. The van der Waals surface area contributed by atoms with Crippen molar-refractivity contribution < 1.29 is 24.3 Å². The van der Waals surface area contributed by atoms with Crippen LogP contribution in [0.4, 0.5) is 17.1 Å². The Labute approximate surface area is 273 Å². The van der Waals surface area contributed by atoms with Crippen molar-refractivity contribution in [2.24, 2.45) is 17.8 Å². The molecule has 1 heterocycles. The van der Waals surface area contributed by atoms with Gasteiger partial charge in [0.05, 0.1) is 22.0 Å². The summed E-state index contributed by atoms with van der Waals surface area (Å²) in [5, 5.41) is 16.3. The molecule has 1 saturated heterocycles. The first-order valence-corrected chi connectivity index (χ1v) is 16.0. The van der Waals surface area contributed by atoms with Gasteiger partial charge in [-0.05, 0) is 87.9 Å². The molecule has 2 N–H and O–H groups in total. The van der Waals surface area contributed by atoms with Gasteiger partial charge < -0.3 is 10.4 Å². The van der Waals surface area contributed by atoms with E-state index < -0.39 is 23.7 Å². The second-order valence-electron chi connectivity index (χ2n) is 12.2. The number of nitrogens with one attached hydrogen (secondary N) is 1. The highest BCUT2D eigenvalue weighted by Gasteiger charge is 2.57. The summed E-state index contributed by atoms with van der Waals surface area (Å²) in [6, 6.07) is 27.9. The van der Waals surface area contributed by atoms with Gasteiger partial charge in [-0.15, -0.1) is 0 Å². The van der Waals surface area contributed by atoms with Gasteiger partial charge in [-0.3, -0.25) is 24.1 Å². The van der Waals surface area contributed by atoms with Crippen molar-refractivity contribution in [3.8, 4) is 5.75 Å². The van der Waals surface area contributed by atoms with E-state index in [4.69, 9.17) is 0 Å². The molecular weight excluding hydrogens is 644 g/mol. The third-order valence-electron chi connectivity index (χ3n) is 9.76. The summed E-state index contributed by atoms with van der Waals surface area (Å²) in [6.45, 7) is 0. The molecule has 1 fully saturated rings. The van der Waals surface area contributed by atoms with Crippen LogP contribution in [0.25, 0.3) is 10.8 Å². The third-order valence-corrected chi connectivity index (χ3v) is 10.3. The van der Waals surface area contributed by atoms with Crippen LogP contribution < -0.4 is 10.2 Å². The minimum atomic E-state index is -0.741. The number of phenolic OH excluding ortho intramolecular Hbond substituents is 1. The van der Waals surface area contributed by atoms with E-state index in [1.165, 1.54) is 11.0 Å². The Kier molecular flexibility index (Phi) is 6.65. The number of Topliss-reactive ketones (excluding diaryl/α,β-unsaturated/α-hetero) is 1. The van der Waals surface area contributed by atoms with Gasteiger partial charge in [0, 0.05) is 40.1 Å². The summed E-state index contributed by atoms with van der Waals surface area (Å²) in [4.78, 5) is 56.7. The number of carbonyl (C=O) groups is 4. The first kappa shape index (κ1) is 28.4. The third kappa shape index (κ3) is 4.31. The van der Waals surface area contributed by atoms with Gasteiger partial charge in [0.15, 0.2) is 11.6 Å². The van der Waals surface area contributed by atoms with Gasteiger partial charge in [-0.25, -0.2) is 0 Å². The normalized spacial score (nSPS) is 24.0. The quantitative estimate of drug-likeness (QED) is 0.135. The molecule has 0 unspecified atom stereocenters. The minimum Gasteiger partial charge on any atom is -0.508 e. The molecule has 0 saturated carbocycles. The number of hydrogen-bond donors (Lipinski definition) is 2. The van der Waals surface area contributed by atoms with Crippen LogP contribution in [0, 0.1) is 17.8 Å². The number of benzene rings is 4. The maximum absolute atomic E-state index is 14.3. The molecule has 8 rings (SSSR count). The van der Waals surface area contributed by atoms with Crippen LogP contribution in [0.15, 0.2) is 124 Å². The fourth-order valence-corrected chi connectivity index (χ4v) is 8.21. The number of phenols is 1. The number of amides is 2. The number of rotatable bonds is 4. The highest BCUT2D eigenvalue weighted by atomic mass is 79.9. The monoisotopic (exact) mass is 670 g/mol. The Morgan fingerprint density at radius 3 is 2.28 bits per heavy atom. The largest absolute Gasteiger partial charge is 0.508 e. The van der Waals surface area contributed by atoms with E-state index in [2.05, 4.69) is 21.2 Å².